The zero-order valence-corrected chi connectivity index (χ0v) is 10.1. The molecule has 0 aliphatic carbocycles. The minimum atomic E-state index is 0.247. The van der Waals surface area contributed by atoms with Gasteiger partial charge in [-0.1, -0.05) is 6.92 Å². The highest BCUT2D eigenvalue weighted by molar-refractivity contribution is 5.76. The molecule has 2 heterocycles. The van der Waals surface area contributed by atoms with Crippen LogP contribution in [0.4, 0.5) is 5.95 Å². The highest BCUT2D eigenvalue weighted by Crippen LogP contribution is 2.26. The topological polar surface area (TPSA) is 72.1 Å². The average Bonchev–Trinajstić information content (AvgIpc) is 2.78. The lowest BCUT2D eigenvalue weighted by Gasteiger charge is -2.15. The summed E-state index contributed by atoms with van der Waals surface area (Å²) in [6.45, 7) is 3.61. The van der Waals surface area contributed by atoms with E-state index >= 15 is 0 Å². The first-order valence-corrected chi connectivity index (χ1v) is 6.07. The molecule has 5 heteroatoms. The Bertz CT molecular complexity index is 407. The van der Waals surface area contributed by atoms with Crippen LogP contribution in [0.15, 0.2) is 12.3 Å². The number of amides is 1. The maximum Gasteiger partial charge on any atom is 0.222 e. The molecule has 1 aromatic heterocycles. The predicted octanol–water partition coefficient (Wildman–Crippen LogP) is 1.17. The highest BCUT2D eigenvalue weighted by atomic mass is 16.2. The predicted molar refractivity (Wildman–Crippen MR) is 65.3 cm³/mol. The third-order valence-electron chi connectivity index (χ3n) is 3.12. The van der Waals surface area contributed by atoms with Crippen molar-refractivity contribution < 1.29 is 4.79 Å². The van der Waals surface area contributed by atoms with Gasteiger partial charge in [0.1, 0.15) is 0 Å². The molecule has 1 aliphatic heterocycles. The van der Waals surface area contributed by atoms with Crippen LogP contribution in [-0.4, -0.2) is 33.9 Å². The Labute approximate surface area is 101 Å². The molecule has 2 N–H and O–H groups in total. The van der Waals surface area contributed by atoms with Crippen molar-refractivity contribution in [1.82, 2.24) is 14.9 Å². The molecule has 0 radical (unpaired) electrons. The van der Waals surface area contributed by atoms with Gasteiger partial charge in [0.25, 0.3) is 0 Å². The van der Waals surface area contributed by atoms with Gasteiger partial charge >= 0.3 is 0 Å². The zero-order chi connectivity index (χ0) is 12.3. The quantitative estimate of drug-likeness (QED) is 0.852. The molecule has 1 amide bonds. The third-order valence-corrected chi connectivity index (χ3v) is 3.12. The number of carbonyl (C=O) groups excluding carboxylic acids is 1. The second-order valence-corrected chi connectivity index (χ2v) is 4.42. The largest absolute Gasteiger partial charge is 0.368 e. The maximum absolute atomic E-state index is 11.8. The minimum Gasteiger partial charge on any atom is -0.368 e. The summed E-state index contributed by atoms with van der Waals surface area (Å²) in [4.78, 5) is 21.8. The number of anilines is 1. The number of nitrogens with two attached hydrogens (primary N) is 1. The maximum atomic E-state index is 11.8. The molecule has 1 aromatic rings. The summed E-state index contributed by atoms with van der Waals surface area (Å²) in [5.74, 6) is 0.860. The molecule has 17 heavy (non-hydrogen) atoms. The molecule has 0 spiro atoms. The molecule has 1 unspecified atom stereocenters. The Morgan fingerprint density at radius 3 is 3.18 bits per heavy atom. The van der Waals surface area contributed by atoms with Crippen molar-refractivity contribution in [3.8, 4) is 0 Å². The molecule has 5 nitrogen and oxygen atoms in total. The van der Waals surface area contributed by atoms with Gasteiger partial charge in [0, 0.05) is 31.6 Å². The minimum absolute atomic E-state index is 0.247. The van der Waals surface area contributed by atoms with Crippen molar-refractivity contribution in [2.75, 3.05) is 18.8 Å². The SMILES string of the molecule is CCCC(=O)N1CCC(c2ccnc(N)n2)C1. The molecule has 0 bridgehead atoms. The molecular formula is C12H18N4O. The number of likely N-dealkylation sites (tertiary alicyclic amines) is 1. The average molecular weight is 234 g/mol. The molecule has 0 aromatic carbocycles. The standard InChI is InChI=1S/C12H18N4O/c1-2-3-11(17)16-7-5-9(8-16)10-4-6-14-12(13)15-10/h4,6,9H,2-3,5,7-8H2,1H3,(H2,13,14,15). The van der Waals surface area contributed by atoms with Crippen LogP contribution in [0.25, 0.3) is 0 Å². The zero-order valence-electron chi connectivity index (χ0n) is 10.1. The summed E-state index contributed by atoms with van der Waals surface area (Å²) in [7, 11) is 0. The summed E-state index contributed by atoms with van der Waals surface area (Å²) in [5.41, 5.74) is 6.51. The Kier molecular flexibility index (Phi) is 3.56. The van der Waals surface area contributed by atoms with E-state index in [1.165, 1.54) is 0 Å². The van der Waals surface area contributed by atoms with Crippen molar-refractivity contribution in [2.24, 2.45) is 0 Å². The molecule has 2 rings (SSSR count). The van der Waals surface area contributed by atoms with Crippen LogP contribution in [0.5, 0.6) is 0 Å². The van der Waals surface area contributed by atoms with E-state index in [0.717, 1.165) is 31.6 Å². The highest BCUT2D eigenvalue weighted by Gasteiger charge is 2.27. The van der Waals surface area contributed by atoms with E-state index in [1.807, 2.05) is 17.9 Å². The van der Waals surface area contributed by atoms with Crippen molar-refractivity contribution in [1.29, 1.82) is 0 Å². The van der Waals surface area contributed by atoms with Crippen LogP contribution in [0.2, 0.25) is 0 Å². The summed E-state index contributed by atoms with van der Waals surface area (Å²) < 4.78 is 0. The molecule has 0 saturated carbocycles. The smallest absolute Gasteiger partial charge is 0.222 e. The van der Waals surface area contributed by atoms with E-state index in [1.54, 1.807) is 6.20 Å². The van der Waals surface area contributed by atoms with Crippen molar-refractivity contribution in [3.63, 3.8) is 0 Å². The van der Waals surface area contributed by atoms with Gasteiger partial charge in [0.15, 0.2) is 0 Å². The number of rotatable bonds is 3. The van der Waals surface area contributed by atoms with Gasteiger partial charge in [0.2, 0.25) is 11.9 Å². The van der Waals surface area contributed by atoms with E-state index in [2.05, 4.69) is 9.97 Å². The van der Waals surface area contributed by atoms with Crippen LogP contribution in [0, 0.1) is 0 Å². The Balaban J connectivity index is 2.00. The van der Waals surface area contributed by atoms with Crippen LogP contribution in [-0.2, 0) is 4.79 Å². The molecule has 1 aliphatic rings. The van der Waals surface area contributed by atoms with Gasteiger partial charge in [-0.3, -0.25) is 4.79 Å². The molecule has 1 atom stereocenters. The second kappa shape index (κ2) is 5.12. The summed E-state index contributed by atoms with van der Waals surface area (Å²) in [6.07, 6.45) is 4.18. The number of carbonyl (C=O) groups is 1. The van der Waals surface area contributed by atoms with E-state index < -0.39 is 0 Å². The monoisotopic (exact) mass is 234 g/mol. The third kappa shape index (κ3) is 2.72. The Morgan fingerprint density at radius 2 is 2.47 bits per heavy atom. The Morgan fingerprint density at radius 1 is 1.65 bits per heavy atom. The number of hydrogen-bond donors (Lipinski definition) is 1. The van der Waals surface area contributed by atoms with E-state index in [-0.39, 0.29) is 5.91 Å². The van der Waals surface area contributed by atoms with E-state index in [4.69, 9.17) is 5.73 Å². The van der Waals surface area contributed by atoms with Gasteiger partial charge in [-0.15, -0.1) is 0 Å². The summed E-state index contributed by atoms with van der Waals surface area (Å²) in [5, 5.41) is 0. The van der Waals surface area contributed by atoms with Crippen LogP contribution in [0.3, 0.4) is 0 Å². The first-order valence-electron chi connectivity index (χ1n) is 6.07. The molecule has 92 valence electrons. The molecule has 1 fully saturated rings. The lowest BCUT2D eigenvalue weighted by molar-refractivity contribution is -0.130. The van der Waals surface area contributed by atoms with Crippen molar-refractivity contribution >= 4 is 11.9 Å². The van der Waals surface area contributed by atoms with Gasteiger partial charge in [-0.2, -0.15) is 0 Å². The first kappa shape index (κ1) is 11.8. The lowest BCUT2D eigenvalue weighted by Crippen LogP contribution is -2.28. The summed E-state index contributed by atoms with van der Waals surface area (Å²) >= 11 is 0. The fourth-order valence-electron chi connectivity index (χ4n) is 2.22. The van der Waals surface area contributed by atoms with Crippen LogP contribution >= 0.6 is 0 Å². The number of nitrogen functional groups attached to an aromatic ring is 1. The normalized spacial score (nSPS) is 19.6. The van der Waals surface area contributed by atoms with Gasteiger partial charge in [-0.05, 0) is 18.9 Å². The summed E-state index contributed by atoms with van der Waals surface area (Å²) in [6, 6.07) is 1.88. The fraction of sp³-hybridized carbons (Fsp3) is 0.583. The van der Waals surface area contributed by atoms with Crippen molar-refractivity contribution in [3.05, 3.63) is 18.0 Å². The fourth-order valence-corrected chi connectivity index (χ4v) is 2.22. The molecular weight excluding hydrogens is 216 g/mol. The lowest BCUT2D eigenvalue weighted by atomic mass is 10.1. The van der Waals surface area contributed by atoms with Crippen LogP contribution in [0.1, 0.15) is 37.8 Å². The van der Waals surface area contributed by atoms with Crippen LogP contribution < -0.4 is 5.73 Å². The van der Waals surface area contributed by atoms with E-state index in [0.29, 0.717) is 18.3 Å². The molecule has 1 saturated heterocycles. The van der Waals surface area contributed by atoms with Gasteiger partial charge in [-0.25, -0.2) is 9.97 Å². The number of hydrogen-bond acceptors (Lipinski definition) is 4. The van der Waals surface area contributed by atoms with Crippen molar-refractivity contribution in [2.45, 2.75) is 32.1 Å². The van der Waals surface area contributed by atoms with Gasteiger partial charge in [0.05, 0.1) is 5.69 Å². The van der Waals surface area contributed by atoms with E-state index in [9.17, 15) is 4.79 Å². The number of aromatic nitrogens is 2. The first-order chi connectivity index (χ1) is 8.20. The Hall–Kier alpha value is -1.65. The van der Waals surface area contributed by atoms with Gasteiger partial charge < -0.3 is 10.6 Å². The number of nitrogens with zero attached hydrogens (tertiary/aromatic N) is 3. The second-order valence-electron chi connectivity index (χ2n) is 4.42.